The van der Waals surface area contributed by atoms with E-state index in [0.29, 0.717) is 5.75 Å². The fraction of sp³-hybridized carbons (Fsp3) is 0.278. The van der Waals surface area contributed by atoms with Crippen molar-refractivity contribution in [2.24, 2.45) is 5.92 Å². The summed E-state index contributed by atoms with van der Waals surface area (Å²) in [4.78, 5) is 11.7. The Morgan fingerprint density at radius 3 is 1.95 bits per heavy atom. The molecule has 0 bridgehead atoms. The number of carbonyl (C=O) groups is 1. The molecule has 0 aliphatic heterocycles. The Morgan fingerprint density at radius 2 is 1.48 bits per heavy atom. The minimum absolute atomic E-state index is 0.150. The van der Waals surface area contributed by atoms with Crippen LogP contribution in [0.5, 0.6) is 5.75 Å². The second kappa shape index (κ2) is 6.93. The van der Waals surface area contributed by atoms with Gasteiger partial charge in [-0.1, -0.05) is 62.4 Å². The van der Waals surface area contributed by atoms with Gasteiger partial charge in [-0.05, 0) is 23.6 Å². The largest absolute Gasteiger partial charge is 0.478 e. The van der Waals surface area contributed by atoms with Crippen molar-refractivity contribution < 1.29 is 14.6 Å². The molecule has 2 rings (SSSR count). The number of hydrogen-bond donors (Lipinski definition) is 1. The first-order valence-corrected chi connectivity index (χ1v) is 7.09. The monoisotopic (exact) mass is 284 g/mol. The molecule has 0 heterocycles. The maximum absolute atomic E-state index is 11.7. The van der Waals surface area contributed by atoms with Crippen molar-refractivity contribution in [3.63, 3.8) is 0 Å². The second-order valence-corrected chi connectivity index (χ2v) is 5.37. The van der Waals surface area contributed by atoms with Crippen LogP contribution in [-0.2, 0) is 4.79 Å². The van der Waals surface area contributed by atoms with Crippen LogP contribution in [0.4, 0.5) is 0 Å². The average Bonchev–Trinajstić information content (AvgIpc) is 2.48. The van der Waals surface area contributed by atoms with Gasteiger partial charge in [-0.15, -0.1) is 0 Å². The Bertz CT molecular complexity index is 564. The van der Waals surface area contributed by atoms with Crippen molar-refractivity contribution in [2.45, 2.75) is 25.9 Å². The summed E-state index contributed by atoms with van der Waals surface area (Å²) in [6, 6.07) is 18.8. The number of aliphatic carboxylic acids is 1. The molecule has 2 unspecified atom stereocenters. The van der Waals surface area contributed by atoms with E-state index in [0.717, 1.165) is 5.56 Å². The lowest BCUT2D eigenvalue weighted by molar-refractivity contribution is -0.146. The number of carboxylic acid groups (broad SMARTS) is 1. The average molecular weight is 284 g/mol. The summed E-state index contributed by atoms with van der Waals surface area (Å²) in [6.45, 7) is 4.03. The lowest BCUT2D eigenvalue weighted by Gasteiger charge is -2.28. The van der Waals surface area contributed by atoms with Crippen molar-refractivity contribution in [1.29, 1.82) is 0 Å². The molecule has 1 N–H and O–H groups in total. The smallest absolute Gasteiger partial charge is 0.345 e. The summed E-state index contributed by atoms with van der Waals surface area (Å²) >= 11 is 0. The summed E-state index contributed by atoms with van der Waals surface area (Å²) < 4.78 is 5.75. The van der Waals surface area contributed by atoms with Crippen LogP contribution in [-0.4, -0.2) is 17.2 Å². The van der Waals surface area contributed by atoms with E-state index in [1.54, 1.807) is 12.1 Å². The number of ether oxygens (including phenoxy) is 1. The standard InChI is InChI=1S/C18H20O3/c1-13(2)16(14-9-5-3-6-10-14)17(18(19)20)21-15-11-7-4-8-12-15/h3-13,16-17H,1-2H3,(H,19,20). The van der Waals surface area contributed by atoms with E-state index in [4.69, 9.17) is 4.74 Å². The Kier molecular flexibility index (Phi) is 4.99. The third kappa shape index (κ3) is 3.85. The van der Waals surface area contributed by atoms with Crippen molar-refractivity contribution >= 4 is 5.97 Å². The fourth-order valence-corrected chi connectivity index (χ4v) is 2.51. The number of rotatable bonds is 6. The molecule has 3 nitrogen and oxygen atoms in total. The van der Waals surface area contributed by atoms with E-state index in [9.17, 15) is 9.90 Å². The molecule has 2 aromatic rings. The number of para-hydroxylation sites is 1. The van der Waals surface area contributed by atoms with Crippen LogP contribution in [0.15, 0.2) is 60.7 Å². The first-order chi connectivity index (χ1) is 10.1. The molecule has 0 saturated heterocycles. The maximum Gasteiger partial charge on any atom is 0.345 e. The summed E-state index contributed by atoms with van der Waals surface area (Å²) in [5, 5.41) is 9.59. The topological polar surface area (TPSA) is 46.5 Å². The highest BCUT2D eigenvalue weighted by Gasteiger charge is 2.33. The number of hydrogen-bond acceptors (Lipinski definition) is 2. The predicted octanol–water partition coefficient (Wildman–Crippen LogP) is 3.96. The van der Waals surface area contributed by atoms with Gasteiger partial charge in [0.05, 0.1) is 0 Å². The molecule has 2 atom stereocenters. The SMILES string of the molecule is CC(C)C(c1ccccc1)C(Oc1ccccc1)C(=O)O. The van der Waals surface area contributed by atoms with Gasteiger partial charge in [0.2, 0.25) is 6.10 Å². The molecule has 21 heavy (non-hydrogen) atoms. The van der Waals surface area contributed by atoms with Gasteiger partial charge in [-0.2, -0.15) is 0 Å². The molecule has 110 valence electrons. The van der Waals surface area contributed by atoms with E-state index in [-0.39, 0.29) is 11.8 Å². The van der Waals surface area contributed by atoms with Crippen LogP contribution in [0.1, 0.15) is 25.3 Å². The van der Waals surface area contributed by atoms with E-state index >= 15 is 0 Å². The normalized spacial score (nSPS) is 13.7. The van der Waals surface area contributed by atoms with Crippen LogP contribution in [0, 0.1) is 5.92 Å². The zero-order valence-corrected chi connectivity index (χ0v) is 12.3. The van der Waals surface area contributed by atoms with Crippen molar-refractivity contribution in [3.05, 3.63) is 66.2 Å². The van der Waals surface area contributed by atoms with Gasteiger partial charge >= 0.3 is 5.97 Å². The molecule has 0 fully saturated rings. The third-order valence-electron chi connectivity index (χ3n) is 3.48. The van der Waals surface area contributed by atoms with Gasteiger partial charge in [0.1, 0.15) is 5.75 Å². The van der Waals surface area contributed by atoms with Gasteiger partial charge in [-0.3, -0.25) is 0 Å². The predicted molar refractivity (Wildman–Crippen MR) is 82.5 cm³/mol. The van der Waals surface area contributed by atoms with Gasteiger partial charge in [0.25, 0.3) is 0 Å². The molecule has 0 saturated carbocycles. The van der Waals surface area contributed by atoms with Crippen LogP contribution in [0.2, 0.25) is 0 Å². The zero-order valence-electron chi connectivity index (χ0n) is 12.3. The molecule has 0 aromatic heterocycles. The van der Waals surface area contributed by atoms with Gasteiger partial charge in [0.15, 0.2) is 0 Å². The summed E-state index contributed by atoms with van der Waals surface area (Å²) in [7, 11) is 0. The molecule has 3 heteroatoms. The molecule has 2 aromatic carbocycles. The van der Waals surface area contributed by atoms with Gasteiger partial charge < -0.3 is 9.84 Å². The second-order valence-electron chi connectivity index (χ2n) is 5.37. The Labute approximate surface area is 125 Å². The number of carboxylic acids is 1. The highest BCUT2D eigenvalue weighted by Crippen LogP contribution is 2.31. The van der Waals surface area contributed by atoms with Crippen molar-refractivity contribution in [3.8, 4) is 5.75 Å². The first-order valence-electron chi connectivity index (χ1n) is 7.09. The van der Waals surface area contributed by atoms with E-state index in [1.165, 1.54) is 0 Å². The third-order valence-corrected chi connectivity index (χ3v) is 3.48. The minimum Gasteiger partial charge on any atom is -0.478 e. The highest BCUT2D eigenvalue weighted by atomic mass is 16.5. The fourth-order valence-electron chi connectivity index (χ4n) is 2.51. The van der Waals surface area contributed by atoms with Crippen LogP contribution >= 0.6 is 0 Å². The zero-order chi connectivity index (χ0) is 15.2. The first kappa shape index (κ1) is 15.1. The summed E-state index contributed by atoms with van der Waals surface area (Å²) in [5.41, 5.74) is 0.982. The van der Waals surface area contributed by atoms with Crippen LogP contribution in [0.3, 0.4) is 0 Å². The van der Waals surface area contributed by atoms with E-state index in [2.05, 4.69) is 0 Å². The van der Waals surface area contributed by atoms with Gasteiger partial charge in [0, 0.05) is 5.92 Å². The minimum atomic E-state index is -0.943. The summed E-state index contributed by atoms with van der Waals surface area (Å²) in [6.07, 6.45) is -0.908. The van der Waals surface area contributed by atoms with Gasteiger partial charge in [-0.25, -0.2) is 4.79 Å². The lowest BCUT2D eigenvalue weighted by atomic mass is 9.83. The molecule has 0 aliphatic carbocycles. The van der Waals surface area contributed by atoms with E-state index in [1.807, 2.05) is 62.4 Å². The Hall–Kier alpha value is -2.29. The molecule has 0 aliphatic rings. The molecular formula is C18H20O3. The Balaban J connectivity index is 2.32. The quantitative estimate of drug-likeness (QED) is 0.873. The Morgan fingerprint density at radius 1 is 0.952 bits per heavy atom. The van der Waals surface area contributed by atoms with Crippen LogP contribution in [0.25, 0.3) is 0 Å². The molecular weight excluding hydrogens is 264 g/mol. The molecule has 0 amide bonds. The maximum atomic E-state index is 11.7. The van der Waals surface area contributed by atoms with Crippen LogP contribution < -0.4 is 4.74 Å². The lowest BCUT2D eigenvalue weighted by Crippen LogP contribution is -2.36. The number of benzene rings is 2. The summed E-state index contributed by atoms with van der Waals surface area (Å²) in [5.74, 6) is -0.422. The molecule has 0 spiro atoms. The highest BCUT2D eigenvalue weighted by molar-refractivity contribution is 5.74. The van der Waals surface area contributed by atoms with Crippen molar-refractivity contribution in [1.82, 2.24) is 0 Å². The van der Waals surface area contributed by atoms with E-state index < -0.39 is 12.1 Å². The van der Waals surface area contributed by atoms with Crippen molar-refractivity contribution in [2.75, 3.05) is 0 Å². The molecule has 0 radical (unpaired) electrons.